The van der Waals surface area contributed by atoms with E-state index in [0.717, 1.165) is 6.26 Å². The van der Waals surface area contributed by atoms with Gasteiger partial charge in [0, 0.05) is 19.8 Å². The molecule has 0 fully saturated rings. The van der Waals surface area contributed by atoms with Crippen molar-refractivity contribution in [2.45, 2.75) is 11.8 Å². The standard InChI is InChI=1S/C13H17NO5S/c1-9(13(16)17)8-14(2)12(15)10-6-4-5-7-11(10)20(3,18)19/h4-7,9H,8H2,1-3H3,(H,16,17). The molecule has 1 aromatic rings. The number of carbonyl (C=O) groups is 2. The highest BCUT2D eigenvalue weighted by Gasteiger charge is 2.23. The molecule has 0 aliphatic rings. The summed E-state index contributed by atoms with van der Waals surface area (Å²) in [5, 5.41) is 8.83. The Kier molecular flexibility index (Phi) is 4.88. The van der Waals surface area contributed by atoms with Crippen LogP contribution in [0.15, 0.2) is 29.2 Å². The van der Waals surface area contributed by atoms with Crippen LogP contribution < -0.4 is 0 Å². The van der Waals surface area contributed by atoms with Crippen molar-refractivity contribution in [3.05, 3.63) is 29.8 Å². The molecule has 1 amide bonds. The van der Waals surface area contributed by atoms with Gasteiger partial charge in [0.2, 0.25) is 0 Å². The SMILES string of the molecule is CC(CN(C)C(=O)c1ccccc1S(C)(=O)=O)C(=O)O. The second kappa shape index (κ2) is 6.04. The van der Waals surface area contributed by atoms with Crippen LogP contribution in [0.2, 0.25) is 0 Å². The molecule has 20 heavy (non-hydrogen) atoms. The number of rotatable bonds is 5. The van der Waals surface area contributed by atoms with Gasteiger partial charge in [0.25, 0.3) is 5.91 Å². The van der Waals surface area contributed by atoms with Gasteiger partial charge in [-0.25, -0.2) is 8.42 Å². The maximum Gasteiger partial charge on any atom is 0.308 e. The normalized spacial score (nSPS) is 12.8. The summed E-state index contributed by atoms with van der Waals surface area (Å²) >= 11 is 0. The van der Waals surface area contributed by atoms with Crippen molar-refractivity contribution < 1.29 is 23.1 Å². The van der Waals surface area contributed by atoms with E-state index in [0.29, 0.717) is 0 Å². The average Bonchev–Trinajstić information content (AvgIpc) is 2.36. The first kappa shape index (κ1) is 16.2. The van der Waals surface area contributed by atoms with Crippen LogP contribution in [0.1, 0.15) is 17.3 Å². The summed E-state index contributed by atoms with van der Waals surface area (Å²) in [4.78, 5) is 24.2. The van der Waals surface area contributed by atoms with Gasteiger partial charge in [-0.15, -0.1) is 0 Å². The number of carboxylic acid groups (broad SMARTS) is 1. The number of amides is 1. The van der Waals surface area contributed by atoms with Gasteiger partial charge in [-0.05, 0) is 12.1 Å². The number of carbonyl (C=O) groups excluding carboxylic acids is 1. The lowest BCUT2D eigenvalue weighted by Gasteiger charge is -2.20. The molecule has 0 aliphatic carbocycles. The molecule has 1 N–H and O–H groups in total. The molecule has 6 nitrogen and oxygen atoms in total. The quantitative estimate of drug-likeness (QED) is 0.871. The highest BCUT2D eigenvalue weighted by Crippen LogP contribution is 2.17. The van der Waals surface area contributed by atoms with Crippen molar-refractivity contribution in [1.29, 1.82) is 0 Å². The molecule has 7 heteroatoms. The van der Waals surface area contributed by atoms with Gasteiger partial charge in [-0.1, -0.05) is 19.1 Å². The zero-order valence-corrected chi connectivity index (χ0v) is 12.3. The van der Waals surface area contributed by atoms with Crippen molar-refractivity contribution in [3.8, 4) is 0 Å². The number of hydrogen-bond donors (Lipinski definition) is 1. The van der Waals surface area contributed by atoms with E-state index in [-0.39, 0.29) is 17.0 Å². The fraction of sp³-hybridized carbons (Fsp3) is 0.385. The Labute approximate surface area is 117 Å². The first-order valence-electron chi connectivity index (χ1n) is 5.92. The molecule has 0 heterocycles. The van der Waals surface area contributed by atoms with Crippen LogP contribution in [0.3, 0.4) is 0 Å². The first-order chi connectivity index (χ1) is 9.14. The fourth-order valence-electron chi connectivity index (χ4n) is 1.74. The zero-order valence-electron chi connectivity index (χ0n) is 11.5. The molecule has 0 radical (unpaired) electrons. The second-order valence-corrected chi connectivity index (χ2v) is 6.68. The van der Waals surface area contributed by atoms with E-state index in [1.807, 2.05) is 0 Å². The maximum absolute atomic E-state index is 12.2. The van der Waals surface area contributed by atoms with Crippen LogP contribution in [0.25, 0.3) is 0 Å². The topological polar surface area (TPSA) is 91.8 Å². The molecule has 0 aliphatic heterocycles. The zero-order chi connectivity index (χ0) is 15.5. The van der Waals surface area contributed by atoms with E-state index in [9.17, 15) is 18.0 Å². The molecular formula is C13H17NO5S. The average molecular weight is 299 g/mol. The number of hydrogen-bond acceptors (Lipinski definition) is 4. The maximum atomic E-state index is 12.2. The van der Waals surface area contributed by atoms with Crippen LogP contribution in [-0.2, 0) is 14.6 Å². The number of aliphatic carboxylic acids is 1. The van der Waals surface area contributed by atoms with Crippen molar-refractivity contribution in [2.24, 2.45) is 5.92 Å². The summed E-state index contributed by atoms with van der Waals surface area (Å²) in [6.07, 6.45) is 1.03. The highest BCUT2D eigenvalue weighted by molar-refractivity contribution is 7.90. The monoisotopic (exact) mass is 299 g/mol. The Morgan fingerprint density at radius 2 is 1.85 bits per heavy atom. The first-order valence-corrected chi connectivity index (χ1v) is 7.81. The van der Waals surface area contributed by atoms with Gasteiger partial charge in [-0.3, -0.25) is 9.59 Å². The number of sulfone groups is 1. The lowest BCUT2D eigenvalue weighted by atomic mass is 10.1. The van der Waals surface area contributed by atoms with Gasteiger partial charge >= 0.3 is 5.97 Å². The van der Waals surface area contributed by atoms with E-state index in [1.54, 1.807) is 6.07 Å². The van der Waals surface area contributed by atoms with Gasteiger partial charge in [0.15, 0.2) is 9.84 Å². The van der Waals surface area contributed by atoms with Gasteiger partial charge < -0.3 is 10.0 Å². The molecular weight excluding hydrogens is 282 g/mol. The Balaban J connectivity index is 3.07. The molecule has 1 unspecified atom stereocenters. The Bertz CT molecular complexity index is 623. The van der Waals surface area contributed by atoms with Crippen LogP contribution >= 0.6 is 0 Å². The van der Waals surface area contributed by atoms with Crippen molar-refractivity contribution in [2.75, 3.05) is 19.8 Å². The third-order valence-corrected chi connectivity index (χ3v) is 3.99. The number of carboxylic acids is 1. The predicted molar refractivity (Wildman–Crippen MR) is 73.3 cm³/mol. The fourth-order valence-corrected chi connectivity index (χ4v) is 2.62. The van der Waals surface area contributed by atoms with Crippen molar-refractivity contribution in [3.63, 3.8) is 0 Å². The third kappa shape index (κ3) is 3.80. The molecule has 0 aromatic heterocycles. The minimum atomic E-state index is -3.52. The lowest BCUT2D eigenvalue weighted by molar-refractivity contribution is -0.141. The Hall–Kier alpha value is -1.89. The Morgan fingerprint density at radius 1 is 1.30 bits per heavy atom. The molecule has 0 saturated carbocycles. The van der Waals surface area contributed by atoms with Gasteiger partial charge in [0.05, 0.1) is 16.4 Å². The summed E-state index contributed by atoms with van der Waals surface area (Å²) in [5.41, 5.74) is 0.0510. The highest BCUT2D eigenvalue weighted by atomic mass is 32.2. The van der Waals surface area contributed by atoms with Crippen molar-refractivity contribution in [1.82, 2.24) is 4.90 Å². The lowest BCUT2D eigenvalue weighted by Crippen LogP contribution is -2.34. The van der Waals surface area contributed by atoms with Crippen LogP contribution in [-0.4, -0.2) is 50.1 Å². The second-order valence-electron chi connectivity index (χ2n) is 4.69. The van der Waals surface area contributed by atoms with Crippen LogP contribution in [0, 0.1) is 5.92 Å². The van der Waals surface area contributed by atoms with Gasteiger partial charge in [0.1, 0.15) is 0 Å². The summed E-state index contributed by atoms with van der Waals surface area (Å²) in [5.74, 6) is -2.26. The van der Waals surface area contributed by atoms with E-state index < -0.39 is 27.6 Å². The Morgan fingerprint density at radius 3 is 2.35 bits per heavy atom. The summed E-state index contributed by atoms with van der Waals surface area (Å²) < 4.78 is 23.3. The van der Waals surface area contributed by atoms with E-state index in [4.69, 9.17) is 5.11 Å². The molecule has 110 valence electrons. The minimum Gasteiger partial charge on any atom is -0.481 e. The third-order valence-electron chi connectivity index (χ3n) is 2.83. The number of nitrogens with zero attached hydrogens (tertiary/aromatic N) is 1. The summed E-state index contributed by atoms with van der Waals surface area (Å²) in [6, 6.07) is 5.88. The van der Waals surface area contributed by atoms with Crippen LogP contribution in [0.5, 0.6) is 0 Å². The molecule has 0 spiro atoms. The van der Waals surface area contributed by atoms with Crippen molar-refractivity contribution >= 4 is 21.7 Å². The molecule has 0 saturated heterocycles. The molecule has 1 aromatic carbocycles. The minimum absolute atomic E-state index is 0.00621. The van der Waals surface area contributed by atoms with E-state index in [1.165, 1.54) is 37.1 Å². The van der Waals surface area contributed by atoms with E-state index in [2.05, 4.69) is 0 Å². The van der Waals surface area contributed by atoms with Gasteiger partial charge in [-0.2, -0.15) is 0 Å². The smallest absolute Gasteiger partial charge is 0.308 e. The predicted octanol–water partition coefficient (Wildman–Crippen LogP) is 0.883. The molecule has 1 atom stereocenters. The largest absolute Gasteiger partial charge is 0.481 e. The number of benzene rings is 1. The molecule has 0 bridgehead atoms. The molecule has 1 rings (SSSR count). The summed E-state index contributed by atoms with van der Waals surface area (Å²) in [7, 11) is -2.08. The van der Waals surface area contributed by atoms with Crippen LogP contribution in [0.4, 0.5) is 0 Å². The summed E-state index contributed by atoms with van der Waals surface area (Å²) in [6.45, 7) is 1.49. The van der Waals surface area contributed by atoms with E-state index >= 15 is 0 Å².